The van der Waals surface area contributed by atoms with E-state index in [-0.39, 0.29) is 23.9 Å². The lowest BCUT2D eigenvalue weighted by Crippen LogP contribution is -2.34. The van der Waals surface area contributed by atoms with Gasteiger partial charge in [-0.05, 0) is 6.07 Å². The first-order valence-electron chi connectivity index (χ1n) is 5.03. The summed E-state index contributed by atoms with van der Waals surface area (Å²) in [5.74, 6) is -1.82. The van der Waals surface area contributed by atoms with Gasteiger partial charge in [-0.1, -0.05) is 0 Å². The van der Waals surface area contributed by atoms with Gasteiger partial charge in [0.15, 0.2) is 0 Å². The van der Waals surface area contributed by atoms with Gasteiger partial charge in [0, 0.05) is 6.07 Å². The molecular weight excluding hydrogens is 258 g/mol. The molecule has 102 valence electrons. The van der Waals surface area contributed by atoms with Crippen LogP contribution in [0.4, 0.5) is 17.3 Å². The molecule has 1 aromatic rings. The van der Waals surface area contributed by atoms with Crippen molar-refractivity contribution in [3.63, 3.8) is 0 Å². The summed E-state index contributed by atoms with van der Waals surface area (Å²) < 4.78 is 0. The Balaban J connectivity index is 2.54. The number of hydrogen-bond donors (Lipinski definition) is 4. The molecule has 1 aromatic heterocycles. The van der Waals surface area contributed by atoms with Crippen LogP contribution in [0.5, 0.6) is 0 Å². The standard InChI is InChI=1S/C9H11N5O5/c10-9-5(14(18)19)1-2-6(13-9)11-3-7(15)12-4-8(16)17/h1-2H,3-4H2,(H,12,15)(H,16,17)(H3,10,11,13). The molecule has 10 heteroatoms. The normalized spacial score (nSPS) is 9.68. The van der Waals surface area contributed by atoms with Gasteiger partial charge in [-0.3, -0.25) is 19.7 Å². The monoisotopic (exact) mass is 269 g/mol. The Morgan fingerprint density at radius 1 is 1.42 bits per heavy atom. The summed E-state index contributed by atoms with van der Waals surface area (Å²) >= 11 is 0. The number of nitrogens with zero attached hydrogens (tertiary/aromatic N) is 2. The maximum Gasteiger partial charge on any atom is 0.322 e. The lowest BCUT2D eigenvalue weighted by atomic mass is 10.4. The molecule has 1 amide bonds. The molecule has 19 heavy (non-hydrogen) atoms. The minimum atomic E-state index is -1.16. The number of nitro groups is 1. The number of aromatic nitrogens is 1. The van der Waals surface area contributed by atoms with E-state index in [1.165, 1.54) is 6.07 Å². The van der Waals surface area contributed by atoms with Gasteiger partial charge in [-0.15, -0.1) is 0 Å². The zero-order valence-corrected chi connectivity index (χ0v) is 9.62. The first-order chi connectivity index (χ1) is 8.90. The third-order valence-corrected chi connectivity index (χ3v) is 1.97. The lowest BCUT2D eigenvalue weighted by Gasteiger charge is -2.06. The molecule has 0 atom stereocenters. The Morgan fingerprint density at radius 3 is 2.63 bits per heavy atom. The molecule has 0 saturated carbocycles. The average molecular weight is 269 g/mol. The highest BCUT2D eigenvalue weighted by molar-refractivity contribution is 5.84. The van der Waals surface area contributed by atoms with Crippen molar-refractivity contribution in [1.29, 1.82) is 0 Å². The minimum absolute atomic E-state index is 0.175. The average Bonchev–Trinajstić information content (AvgIpc) is 2.33. The summed E-state index contributed by atoms with van der Waals surface area (Å²) in [7, 11) is 0. The Bertz CT molecular complexity index is 518. The molecule has 0 saturated heterocycles. The third-order valence-electron chi connectivity index (χ3n) is 1.97. The van der Waals surface area contributed by atoms with E-state index in [0.717, 1.165) is 6.07 Å². The molecule has 0 aromatic carbocycles. The number of aliphatic carboxylic acids is 1. The fourth-order valence-electron chi connectivity index (χ4n) is 1.13. The Hall–Kier alpha value is -2.91. The van der Waals surface area contributed by atoms with E-state index in [4.69, 9.17) is 10.8 Å². The number of pyridine rings is 1. The van der Waals surface area contributed by atoms with Crippen molar-refractivity contribution in [2.45, 2.75) is 0 Å². The van der Waals surface area contributed by atoms with E-state index in [1.54, 1.807) is 0 Å². The van der Waals surface area contributed by atoms with Gasteiger partial charge < -0.3 is 21.5 Å². The van der Waals surface area contributed by atoms with Crippen LogP contribution >= 0.6 is 0 Å². The van der Waals surface area contributed by atoms with Gasteiger partial charge in [0.25, 0.3) is 0 Å². The predicted octanol–water partition coefficient (Wildman–Crippen LogP) is -0.815. The van der Waals surface area contributed by atoms with E-state index < -0.39 is 23.3 Å². The quantitative estimate of drug-likeness (QED) is 0.385. The molecule has 0 aliphatic rings. The fraction of sp³-hybridized carbons (Fsp3) is 0.222. The molecule has 1 rings (SSSR count). The van der Waals surface area contributed by atoms with Crippen LogP contribution in [0.25, 0.3) is 0 Å². The summed E-state index contributed by atoms with van der Waals surface area (Å²) in [6.45, 7) is -0.714. The van der Waals surface area contributed by atoms with E-state index in [9.17, 15) is 19.7 Å². The molecular formula is C9H11N5O5. The van der Waals surface area contributed by atoms with E-state index in [2.05, 4.69) is 15.6 Å². The summed E-state index contributed by atoms with van der Waals surface area (Å²) in [5.41, 5.74) is 5.02. The van der Waals surface area contributed by atoms with Crippen LogP contribution in [0.15, 0.2) is 12.1 Å². The minimum Gasteiger partial charge on any atom is -0.480 e. The summed E-state index contributed by atoms with van der Waals surface area (Å²) in [5, 5.41) is 23.5. The second kappa shape index (κ2) is 6.14. The smallest absolute Gasteiger partial charge is 0.322 e. The van der Waals surface area contributed by atoms with E-state index in [0.29, 0.717) is 0 Å². The summed E-state index contributed by atoms with van der Waals surface area (Å²) in [6, 6.07) is 2.44. The highest BCUT2D eigenvalue weighted by atomic mass is 16.6. The van der Waals surface area contributed by atoms with Gasteiger partial charge in [0.2, 0.25) is 11.7 Å². The number of amides is 1. The number of nitrogens with two attached hydrogens (primary N) is 1. The molecule has 0 unspecified atom stereocenters. The summed E-state index contributed by atoms with van der Waals surface area (Å²) in [4.78, 5) is 34.9. The number of carboxylic acids is 1. The molecule has 10 nitrogen and oxygen atoms in total. The van der Waals surface area contributed by atoms with Crippen LogP contribution in [0.2, 0.25) is 0 Å². The molecule has 0 spiro atoms. The molecule has 0 aliphatic carbocycles. The highest BCUT2D eigenvalue weighted by Gasteiger charge is 2.13. The van der Waals surface area contributed by atoms with Crippen LogP contribution < -0.4 is 16.4 Å². The van der Waals surface area contributed by atoms with Crippen molar-refractivity contribution in [3.05, 3.63) is 22.2 Å². The van der Waals surface area contributed by atoms with Gasteiger partial charge in [0.05, 0.1) is 11.5 Å². The van der Waals surface area contributed by atoms with Crippen LogP contribution in [-0.2, 0) is 9.59 Å². The number of carbonyl (C=O) groups excluding carboxylic acids is 1. The second-order valence-corrected chi connectivity index (χ2v) is 3.38. The Morgan fingerprint density at radius 2 is 2.11 bits per heavy atom. The molecule has 5 N–H and O–H groups in total. The van der Waals surface area contributed by atoms with Crippen LogP contribution in [0.1, 0.15) is 0 Å². The van der Waals surface area contributed by atoms with Crippen LogP contribution in [-0.4, -0.2) is 40.0 Å². The summed E-state index contributed by atoms with van der Waals surface area (Å²) in [6.07, 6.45) is 0. The molecule has 1 heterocycles. The van der Waals surface area contributed by atoms with Crippen LogP contribution in [0.3, 0.4) is 0 Å². The number of anilines is 2. The maximum atomic E-state index is 11.2. The number of rotatable bonds is 6. The number of carboxylic acid groups (broad SMARTS) is 1. The van der Waals surface area contributed by atoms with Crippen molar-refractivity contribution < 1.29 is 19.6 Å². The predicted molar refractivity (Wildman–Crippen MR) is 64.4 cm³/mol. The van der Waals surface area contributed by atoms with Gasteiger partial charge >= 0.3 is 11.7 Å². The maximum absolute atomic E-state index is 11.2. The fourth-order valence-corrected chi connectivity index (χ4v) is 1.13. The van der Waals surface area contributed by atoms with E-state index >= 15 is 0 Å². The first-order valence-corrected chi connectivity index (χ1v) is 5.03. The zero-order chi connectivity index (χ0) is 14.4. The van der Waals surface area contributed by atoms with Crippen molar-refractivity contribution in [3.8, 4) is 0 Å². The van der Waals surface area contributed by atoms with Crippen LogP contribution in [0, 0.1) is 10.1 Å². The number of nitrogens with one attached hydrogen (secondary N) is 2. The van der Waals surface area contributed by atoms with Gasteiger partial charge in [-0.25, -0.2) is 4.98 Å². The molecule has 0 radical (unpaired) electrons. The lowest BCUT2D eigenvalue weighted by molar-refractivity contribution is -0.384. The van der Waals surface area contributed by atoms with Gasteiger partial charge in [0.1, 0.15) is 12.4 Å². The van der Waals surface area contributed by atoms with Crippen molar-refractivity contribution in [2.75, 3.05) is 24.1 Å². The Kier molecular flexibility index (Phi) is 4.57. The van der Waals surface area contributed by atoms with Crippen molar-refractivity contribution in [1.82, 2.24) is 10.3 Å². The van der Waals surface area contributed by atoms with Crippen molar-refractivity contribution >= 4 is 29.2 Å². The largest absolute Gasteiger partial charge is 0.480 e. The molecule has 0 aliphatic heterocycles. The first kappa shape index (κ1) is 14.2. The van der Waals surface area contributed by atoms with Gasteiger partial charge in [-0.2, -0.15) is 0 Å². The Labute approximate surface area is 106 Å². The SMILES string of the molecule is Nc1nc(NCC(=O)NCC(=O)O)ccc1[N+](=O)[O-]. The van der Waals surface area contributed by atoms with E-state index in [1.807, 2.05) is 0 Å². The molecule has 0 bridgehead atoms. The third kappa shape index (κ3) is 4.46. The second-order valence-electron chi connectivity index (χ2n) is 3.38. The topological polar surface area (TPSA) is 160 Å². The van der Waals surface area contributed by atoms with Crippen molar-refractivity contribution in [2.24, 2.45) is 0 Å². The number of carbonyl (C=O) groups is 2. The molecule has 0 fully saturated rings. The number of nitrogen functional groups attached to an aromatic ring is 1. The highest BCUT2D eigenvalue weighted by Crippen LogP contribution is 2.20. The zero-order valence-electron chi connectivity index (χ0n) is 9.62. The number of hydrogen-bond acceptors (Lipinski definition) is 7.